The molecule has 10 heteroatoms. The van der Waals surface area contributed by atoms with Gasteiger partial charge in [-0.3, -0.25) is 4.79 Å². The van der Waals surface area contributed by atoms with Gasteiger partial charge in [0.15, 0.2) is 12.6 Å². The minimum Gasteiger partial charge on any atom is -0.471 e. The van der Waals surface area contributed by atoms with Gasteiger partial charge in [-0.1, -0.05) is 0 Å². The number of aldehydes is 1. The van der Waals surface area contributed by atoms with Crippen molar-refractivity contribution >= 4 is 6.29 Å². The average molecular weight is 376 g/mol. The van der Waals surface area contributed by atoms with Crippen LogP contribution < -0.4 is 0 Å². The molecule has 0 amide bonds. The Hall–Kier alpha value is -1.11. The molecule has 2 aliphatic heterocycles. The Morgan fingerprint density at radius 3 is 2.50 bits per heavy atom. The molecule has 0 radical (unpaired) electrons. The van der Waals surface area contributed by atoms with Gasteiger partial charge in [-0.05, 0) is 19.8 Å². The van der Waals surface area contributed by atoms with Gasteiger partial charge < -0.3 is 44.8 Å². The molecule has 9 atom stereocenters. The van der Waals surface area contributed by atoms with E-state index in [0.717, 1.165) is 6.26 Å². The van der Waals surface area contributed by atoms with Crippen LogP contribution in [0.1, 0.15) is 19.8 Å². The van der Waals surface area contributed by atoms with Gasteiger partial charge in [-0.2, -0.15) is 0 Å². The summed E-state index contributed by atoms with van der Waals surface area (Å²) in [6.45, 7) is 0.840. The second-order valence-electron chi connectivity index (χ2n) is 7.29. The summed E-state index contributed by atoms with van der Waals surface area (Å²) in [4.78, 5) is 11.2. The first kappa shape index (κ1) is 19.6. The molecular weight excluding hydrogens is 352 g/mol. The smallest absolute Gasteiger partial charge is 0.210 e. The number of aliphatic hydroxyl groups is 6. The Labute approximate surface area is 149 Å². The van der Waals surface area contributed by atoms with E-state index in [-0.39, 0.29) is 18.4 Å². The SMILES string of the molecule is CC1(O)CCC2(O)C(C=O)=COC(OC3OC(CO)C(O)C(O)C3O)C12. The molecule has 6 N–H and O–H groups in total. The quantitative estimate of drug-likeness (QED) is 0.281. The lowest BCUT2D eigenvalue weighted by Gasteiger charge is -2.46. The van der Waals surface area contributed by atoms with Gasteiger partial charge in [-0.15, -0.1) is 0 Å². The first-order chi connectivity index (χ1) is 12.2. The molecule has 9 unspecified atom stereocenters. The summed E-state index contributed by atoms with van der Waals surface area (Å²) >= 11 is 0. The third kappa shape index (κ3) is 2.96. The highest BCUT2D eigenvalue weighted by Crippen LogP contribution is 2.51. The van der Waals surface area contributed by atoms with Crippen molar-refractivity contribution in [3.8, 4) is 0 Å². The zero-order chi connectivity index (χ0) is 19.3. The van der Waals surface area contributed by atoms with Crippen molar-refractivity contribution in [1.29, 1.82) is 0 Å². The van der Waals surface area contributed by atoms with Crippen molar-refractivity contribution in [3.63, 3.8) is 0 Å². The van der Waals surface area contributed by atoms with E-state index >= 15 is 0 Å². The number of carbonyl (C=O) groups excluding carboxylic acids is 1. The lowest BCUT2D eigenvalue weighted by molar-refractivity contribution is -0.351. The molecule has 26 heavy (non-hydrogen) atoms. The van der Waals surface area contributed by atoms with Crippen LogP contribution in [-0.2, 0) is 19.0 Å². The van der Waals surface area contributed by atoms with E-state index in [0.29, 0.717) is 6.29 Å². The Morgan fingerprint density at radius 1 is 1.19 bits per heavy atom. The summed E-state index contributed by atoms with van der Waals surface area (Å²) in [6.07, 6.45) is -7.07. The molecule has 1 aliphatic carbocycles. The van der Waals surface area contributed by atoms with Gasteiger partial charge in [0.05, 0.1) is 30.0 Å². The summed E-state index contributed by atoms with van der Waals surface area (Å²) in [7, 11) is 0. The summed E-state index contributed by atoms with van der Waals surface area (Å²) in [5.41, 5.74) is -3.15. The standard InChI is InChI=1S/C16H24O10/c1-15(22)2-3-16(23)7(4-17)6-24-14(12(15)16)26-13-11(21)10(20)9(19)8(5-18)25-13/h4,6,8-14,18-23H,2-3,5H2,1H3. The Balaban J connectivity index is 1.85. The molecule has 0 aromatic carbocycles. The molecule has 10 nitrogen and oxygen atoms in total. The number of ether oxygens (including phenoxy) is 3. The van der Waals surface area contributed by atoms with Crippen molar-refractivity contribution in [3.05, 3.63) is 11.8 Å². The Morgan fingerprint density at radius 2 is 1.88 bits per heavy atom. The summed E-state index contributed by atoms with van der Waals surface area (Å²) in [5, 5.41) is 60.5. The van der Waals surface area contributed by atoms with Crippen LogP contribution in [0.15, 0.2) is 11.8 Å². The maximum atomic E-state index is 11.2. The molecule has 0 aromatic heterocycles. The second-order valence-corrected chi connectivity index (χ2v) is 7.29. The monoisotopic (exact) mass is 376 g/mol. The highest BCUT2D eigenvalue weighted by Gasteiger charge is 2.62. The van der Waals surface area contributed by atoms with Crippen LogP contribution in [0.3, 0.4) is 0 Å². The first-order valence-corrected chi connectivity index (χ1v) is 8.37. The van der Waals surface area contributed by atoms with Crippen LogP contribution in [-0.4, -0.2) is 91.7 Å². The third-order valence-electron chi connectivity index (χ3n) is 5.54. The lowest BCUT2D eigenvalue weighted by atomic mass is 9.78. The van der Waals surface area contributed by atoms with E-state index in [1.54, 1.807) is 0 Å². The maximum absolute atomic E-state index is 11.2. The van der Waals surface area contributed by atoms with Gasteiger partial charge in [0.25, 0.3) is 0 Å². The normalized spacial score (nSPS) is 51.3. The molecule has 0 bridgehead atoms. The number of carbonyl (C=O) groups is 1. The molecule has 1 saturated carbocycles. The van der Waals surface area contributed by atoms with Gasteiger partial charge >= 0.3 is 0 Å². The van der Waals surface area contributed by atoms with Crippen LogP contribution >= 0.6 is 0 Å². The largest absolute Gasteiger partial charge is 0.471 e. The molecule has 3 rings (SSSR count). The Kier molecular flexibility index (Phi) is 5.14. The van der Waals surface area contributed by atoms with Crippen molar-refractivity contribution in [2.75, 3.05) is 6.61 Å². The van der Waals surface area contributed by atoms with E-state index in [9.17, 15) is 35.4 Å². The van der Waals surface area contributed by atoms with Crippen LogP contribution in [0.5, 0.6) is 0 Å². The fourth-order valence-corrected chi connectivity index (χ4v) is 3.98. The van der Waals surface area contributed by atoms with E-state index in [1.165, 1.54) is 6.92 Å². The van der Waals surface area contributed by atoms with Crippen LogP contribution in [0.2, 0.25) is 0 Å². The molecule has 2 heterocycles. The second kappa shape index (κ2) is 6.80. The predicted octanol–water partition coefficient (Wildman–Crippen LogP) is -2.87. The molecule has 0 spiro atoms. The number of hydrogen-bond donors (Lipinski definition) is 6. The molecular formula is C16H24O10. The molecule has 0 aromatic rings. The minimum atomic E-state index is -1.68. The van der Waals surface area contributed by atoms with Crippen LogP contribution in [0.25, 0.3) is 0 Å². The average Bonchev–Trinajstić information content (AvgIpc) is 2.86. The fourth-order valence-electron chi connectivity index (χ4n) is 3.98. The molecule has 1 saturated heterocycles. The molecule has 148 valence electrons. The zero-order valence-electron chi connectivity index (χ0n) is 14.1. The number of rotatable bonds is 4. The lowest BCUT2D eigenvalue weighted by Crippen LogP contribution is -2.62. The topological polar surface area (TPSA) is 166 Å². The van der Waals surface area contributed by atoms with Gasteiger partial charge in [0.2, 0.25) is 6.29 Å². The van der Waals surface area contributed by atoms with Crippen LogP contribution in [0, 0.1) is 5.92 Å². The van der Waals surface area contributed by atoms with Crippen LogP contribution in [0.4, 0.5) is 0 Å². The summed E-state index contributed by atoms with van der Waals surface area (Å²) in [5.74, 6) is -1.06. The third-order valence-corrected chi connectivity index (χ3v) is 5.54. The fraction of sp³-hybridized carbons (Fsp3) is 0.812. The van der Waals surface area contributed by atoms with Crippen molar-refractivity contribution in [2.24, 2.45) is 5.92 Å². The minimum absolute atomic E-state index is 0.0334. The van der Waals surface area contributed by atoms with Crippen molar-refractivity contribution in [1.82, 2.24) is 0 Å². The van der Waals surface area contributed by atoms with Crippen molar-refractivity contribution in [2.45, 2.75) is 68.0 Å². The number of fused-ring (bicyclic) bond motifs is 1. The number of hydrogen-bond acceptors (Lipinski definition) is 10. The highest BCUT2D eigenvalue weighted by molar-refractivity contribution is 5.76. The molecule has 2 fully saturated rings. The van der Waals surface area contributed by atoms with E-state index < -0.39 is 60.7 Å². The zero-order valence-corrected chi connectivity index (χ0v) is 14.1. The van der Waals surface area contributed by atoms with E-state index in [4.69, 9.17) is 14.2 Å². The predicted molar refractivity (Wildman–Crippen MR) is 82.2 cm³/mol. The van der Waals surface area contributed by atoms with Gasteiger partial charge in [0.1, 0.15) is 30.0 Å². The number of aliphatic hydroxyl groups excluding tert-OH is 4. The van der Waals surface area contributed by atoms with Gasteiger partial charge in [-0.25, -0.2) is 0 Å². The van der Waals surface area contributed by atoms with Crippen molar-refractivity contribution < 1.29 is 49.6 Å². The maximum Gasteiger partial charge on any atom is 0.210 e. The molecule has 3 aliphatic rings. The summed E-state index contributed by atoms with van der Waals surface area (Å²) < 4.78 is 16.2. The van der Waals surface area contributed by atoms with Gasteiger partial charge in [0, 0.05) is 0 Å². The summed E-state index contributed by atoms with van der Waals surface area (Å²) in [6, 6.07) is 0. The Bertz CT molecular complexity index is 575. The van der Waals surface area contributed by atoms with E-state index in [1.807, 2.05) is 0 Å². The first-order valence-electron chi connectivity index (χ1n) is 8.37. The highest BCUT2D eigenvalue weighted by atomic mass is 16.8. The van der Waals surface area contributed by atoms with E-state index in [2.05, 4.69) is 0 Å².